The van der Waals surface area contributed by atoms with E-state index in [2.05, 4.69) is 5.32 Å². The normalized spacial score (nSPS) is 12.3. The Hall–Kier alpha value is -2.50. The number of Topliss-reactive ketones (excluding diaryl/α,β-unsaturated/α-hetero) is 2. The Bertz CT molecular complexity index is 659. The van der Waals surface area contributed by atoms with Crippen molar-refractivity contribution in [2.24, 2.45) is 11.7 Å². The van der Waals surface area contributed by atoms with Crippen LogP contribution >= 0.6 is 0 Å². The Kier molecular flexibility index (Phi) is 13.2. The fourth-order valence-electron chi connectivity index (χ4n) is 3.11. The molecular formula is C23H37N3O3. The minimum atomic E-state index is -0.551. The molecule has 0 aliphatic carbocycles. The first-order valence-electron chi connectivity index (χ1n) is 9.96. The first-order valence-corrected chi connectivity index (χ1v) is 9.96. The molecule has 6 nitrogen and oxygen atoms in total. The summed E-state index contributed by atoms with van der Waals surface area (Å²) >= 11 is 0. The number of rotatable bonds is 14. The number of amidine groups is 1. The summed E-state index contributed by atoms with van der Waals surface area (Å²) in [5, 5.41) is 10.1. The molecule has 0 heterocycles. The highest BCUT2D eigenvalue weighted by atomic mass is 16.2. The molecule has 1 rings (SSSR count). The predicted molar refractivity (Wildman–Crippen MR) is 118 cm³/mol. The van der Waals surface area contributed by atoms with Crippen LogP contribution in [0.2, 0.25) is 0 Å². The predicted octanol–water partition coefficient (Wildman–Crippen LogP) is 3.81. The highest BCUT2D eigenvalue weighted by Crippen LogP contribution is 2.15. The number of hydrogen-bond donors (Lipinski definition) is 3. The van der Waals surface area contributed by atoms with Crippen LogP contribution in [0, 0.1) is 11.3 Å². The molecule has 1 aromatic rings. The third kappa shape index (κ3) is 12.5. The van der Waals surface area contributed by atoms with E-state index in [0.29, 0.717) is 32.1 Å². The lowest BCUT2D eigenvalue weighted by atomic mass is 9.92. The van der Waals surface area contributed by atoms with Gasteiger partial charge in [0, 0.05) is 25.7 Å². The molecule has 0 aromatic heterocycles. The zero-order valence-electron chi connectivity index (χ0n) is 17.0. The Balaban J connectivity index is 0.00000784. The van der Waals surface area contributed by atoms with E-state index in [1.807, 2.05) is 37.3 Å². The lowest BCUT2D eigenvalue weighted by Crippen LogP contribution is -2.41. The molecule has 0 bridgehead atoms. The van der Waals surface area contributed by atoms with Gasteiger partial charge in [-0.25, -0.2) is 0 Å². The molecule has 6 heteroatoms. The monoisotopic (exact) mass is 403 g/mol. The van der Waals surface area contributed by atoms with E-state index in [9.17, 15) is 14.4 Å². The van der Waals surface area contributed by atoms with E-state index in [1.165, 1.54) is 12.5 Å². The number of unbranched alkanes of at least 4 members (excludes halogenated alkanes) is 1. The molecule has 29 heavy (non-hydrogen) atoms. The minimum Gasteiger partial charge on any atom is -0.388 e. The lowest BCUT2D eigenvalue weighted by Gasteiger charge is -2.20. The van der Waals surface area contributed by atoms with Crippen molar-refractivity contribution >= 4 is 23.3 Å². The summed E-state index contributed by atoms with van der Waals surface area (Å²) in [6, 6.07) is 9.47. The van der Waals surface area contributed by atoms with Gasteiger partial charge in [-0.3, -0.25) is 15.0 Å². The van der Waals surface area contributed by atoms with Gasteiger partial charge in [0.25, 0.3) is 0 Å². The summed E-state index contributed by atoms with van der Waals surface area (Å²) in [4.78, 5) is 36.0. The second-order valence-corrected chi connectivity index (χ2v) is 7.56. The van der Waals surface area contributed by atoms with Crippen LogP contribution in [0.15, 0.2) is 30.3 Å². The maximum Gasteiger partial charge on any atom is 0.221 e. The quantitative estimate of drug-likeness (QED) is 0.249. The summed E-state index contributed by atoms with van der Waals surface area (Å²) in [6.45, 7) is 3.48. The van der Waals surface area contributed by atoms with Crippen molar-refractivity contribution in [1.29, 1.82) is 5.41 Å². The minimum absolute atomic E-state index is 0. The Morgan fingerprint density at radius 1 is 1.07 bits per heavy atom. The van der Waals surface area contributed by atoms with Crippen molar-refractivity contribution < 1.29 is 14.4 Å². The number of benzene rings is 1. The largest absolute Gasteiger partial charge is 0.388 e. The third-order valence-corrected chi connectivity index (χ3v) is 4.59. The van der Waals surface area contributed by atoms with Crippen LogP contribution in [0.3, 0.4) is 0 Å². The fourth-order valence-corrected chi connectivity index (χ4v) is 3.11. The Labute approximate surface area is 175 Å². The highest BCUT2D eigenvalue weighted by molar-refractivity contribution is 5.90. The molecule has 0 unspecified atom stereocenters. The smallest absolute Gasteiger partial charge is 0.221 e. The molecule has 0 fully saturated rings. The van der Waals surface area contributed by atoms with Gasteiger partial charge in [-0.15, -0.1) is 0 Å². The maximum absolute atomic E-state index is 12.8. The number of carbonyl (C=O) groups excluding carboxylic acids is 3. The molecular weight excluding hydrogens is 366 g/mol. The number of ketones is 2. The van der Waals surface area contributed by atoms with E-state index in [4.69, 9.17) is 11.1 Å². The van der Waals surface area contributed by atoms with Gasteiger partial charge in [0.15, 0.2) is 5.78 Å². The molecule has 0 spiro atoms. The van der Waals surface area contributed by atoms with Crippen LogP contribution < -0.4 is 11.1 Å². The van der Waals surface area contributed by atoms with Crippen molar-refractivity contribution in [3.63, 3.8) is 0 Å². The van der Waals surface area contributed by atoms with E-state index in [1.54, 1.807) is 0 Å². The van der Waals surface area contributed by atoms with Crippen molar-refractivity contribution in [3.8, 4) is 0 Å². The molecule has 0 aliphatic heterocycles. The van der Waals surface area contributed by atoms with Gasteiger partial charge in [0.2, 0.25) is 5.91 Å². The SMILES string of the molecule is C.CC(=O)CCC(=O)N[C@@H](CCCCC(=N)N)C(=O)C[C@@H](C)Cc1ccccc1. The summed E-state index contributed by atoms with van der Waals surface area (Å²) in [6.07, 6.45) is 3.91. The van der Waals surface area contributed by atoms with Crippen molar-refractivity contribution in [1.82, 2.24) is 5.32 Å². The molecule has 0 saturated carbocycles. The van der Waals surface area contributed by atoms with Crippen LogP contribution in [0.1, 0.15) is 71.8 Å². The summed E-state index contributed by atoms with van der Waals surface area (Å²) < 4.78 is 0. The zero-order chi connectivity index (χ0) is 20.9. The number of carbonyl (C=O) groups is 3. The van der Waals surface area contributed by atoms with Crippen LogP contribution in [0.25, 0.3) is 0 Å². The first kappa shape index (κ1) is 26.5. The van der Waals surface area contributed by atoms with E-state index in [-0.39, 0.29) is 49.5 Å². The van der Waals surface area contributed by atoms with Gasteiger partial charge in [0.1, 0.15) is 5.78 Å². The van der Waals surface area contributed by atoms with Gasteiger partial charge in [-0.1, -0.05) is 51.1 Å². The summed E-state index contributed by atoms with van der Waals surface area (Å²) in [5.74, 6) is 0.00262. The van der Waals surface area contributed by atoms with E-state index < -0.39 is 6.04 Å². The van der Waals surface area contributed by atoms with Crippen LogP contribution in [0.4, 0.5) is 0 Å². The second kappa shape index (κ2) is 14.5. The van der Waals surface area contributed by atoms with Gasteiger partial charge in [-0.2, -0.15) is 0 Å². The number of nitrogens with two attached hydrogens (primary N) is 1. The Morgan fingerprint density at radius 3 is 2.31 bits per heavy atom. The topological polar surface area (TPSA) is 113 Å². The van der Waals surface area contributed by atoms with Crippen molar-refractivity contribution in [2.45, 2.75) is 78.7 Å². The van der Waals surface area contributed by atoms with E-state index >= 15 is 0 Å². The second-order valence-electron chi connectivity index (χ2n) is 7.56. The van der Waals surface area contributed by atoms with Gasteiger partial charge in [-0.05, 0) is 37.7 Å². The number of nitrogens with one attached hydrogen (secondary N) is 2. The van der Waals surface area contributed by atoms with Crippen molar-refractivity contribution in [2.75, 3.05) is 0 Å². The van der Waals surface area contributed by atoms with Crippen LogP contribution in [-0.2, 0) is 20.8 Å². The highest BCUT2D eigenvalue weighted by Gasteiger charge is 2.22. The standard InChI is InChI=1S/C22H33N3O3.CH4/c1-16(14-18-8-4-3-5-9-18)15-20(27)19(10-6-7-11-21(23)24)25-22(28)13-12-17(2)26;/h3-5,8-9,16,19H,6-7,10-15H2,1-2H3,(H3,23,24)(H,25,28);1H4/t16-,19-;/m0./s1. The fraction of sp³-hybridized carbons (Fsp3) is 0.565. The Morgan fingerprint density at radius 2 is 1.72 bits per heavy atom. The molecule has 1 amide bonds. The maximum atomic E-state index is 12.8. The molecule has 162 valence electrons. The molecule has 2 atom stereocenters. The molecule has 0 radical (unpaired) electrons. The molecule has 1 aromatic carbocycles. The molecule has 4 N–H and O–H groups in total. The van der Waals surface area contributed by atoms with Crippen molar-refractivity contribution in [3.05, 3.63) is 35.9 Å². The average molecular weight is 404 g/mol. The van der Waals surface area contributed by atoms with Gasteiger partial charge in [0.05, 0.1) is 11.9 Å². The van der Waals surface area contributed by atoms with Gasteiger partial charge >= 0.3 is 0 Å². The lowest BCUT2D eigenvalue weighted by molar-refractivity contribution is -0.129. The number of hydrogen-bond acceptors (Lipinski definition) is 4. The molecule has 0 aliphatic rings. The molecule has 0 saturated heterocycles. The van der Waals surface area contributed by atoms with Crippen LogP contribution in [-0.4, -0.2) is 29.4 Å². The summed E-state index contributed by atoms with van der Waals surface area (Å²) in [7, 11) is 0. The average Bonchev–Trinajstić information content (AvgIpc) is 2.62. The van der Waals surface area contributed by atoms with Gasteiger partial charge < -0.3 is 15.8 Å². The third-order valence-electron chi connectivity index (χ3n) is 4.59. The van der Waals surface area contributed by atoms with Crippen LogP contribution in [0.5, 0.6) is 0 Å². The zero-order valence-corrected chi connectivity index (χ0v) is 17.0. The number of amides is 1. The summed E-state index contributed by atoms with van der Waals surface area (Å²) in [5.41, 5.74) is 6.56. The van der Waals surface area contributed by atoms with E-state index in [0.717, 1.165) is 6.42 Å². The first-order chi connectivity index (χ1) is 13.3.